The number of hydrogen-bond donors (Lipinski definition) is 2. The second-order valence-corrected chi connectivity index (χ2v) is 2.22. The van der Waals surface area contributed by atoms with Gasteiger partial charge in [0.2, 0.25) is 0 Å². The normalized spacial score (nSPS) is 18.2. The largest absolute Gasteiger partial charge is 0.483 e. The van der Waals surface area contributed by atoms with Gasteiger partial charge in [0, 0.05) is 0 Å². The highest BCUT2D eigenvalue weighted by Crippen LogP contribution is 2.35. The van der Waals surface area contributed by atoms with E-state index in [0.717, 1.165) is 12.8 Å². The van der Waals surface area contributed by atoms with E-state index in [1.165, 1.54) is 0 Å². The van der Waals surface area contributed by atoms with Crippen LogP contribution in [0.4, 0.5) is 0 Å². The van der Waals surface area contributed by atoms with Gasteiger partial charge in [0.25, 0.3) is 0 Å². The molecule has 0 saturated heterocycles. The van der Waals surface area contributed by atoms with Crippen LogP contribution in [0.2, 0.25) is 0 Å². The molecule has 1 aliphatic carbocycles. The highest BCUT2D eigenvalue weighted by Gasteiger charge is 2.30. The maximum absolute atomic E-state index is 8.49. The Balaban J connectivity index is 2.33. The quantitative estimate of drug-likeness (QED) is 0.492. The van der Waals surface area contributed by atoms with E-state index in [-0.39, 0.29) is 0 Å². The molecule has 0 aromatic heterocycles. The summed E-state index contributed by atoms with van der Waals surface area (Å²) < 4.78 is 0. The van der Waals surface area contributed by atoms with Crippen LogP contribution in [-0.2, 0) is 0 Å². The number of allylic oxidation sites excluding steroid dienone is 1. The molecular formula is C5H9BO2. The van der Waals surface area contributed by atoms with Crippen LogP contribution in [0.5, 0.6) is 0 Å². The molecule has 2 nitrogen and oxygen atoms in total. The van der Waals surface area contributed by atoms with Crippen molar-refractivity contribution in [1.82, 2.24) is 0 Å². The summed E-state index contributed by atoms with van der Waals surface area (Å²) in [6, 6.07) is 0. The Kier molecular flexibility index (Phi) is 1.40. The molecule has 0 amide bonds. The summed E-state index contributed by atoms with van der Waals surface area (Å²) in [4.78, 5) is 0. The minimum Gasteiger partial charge on any atom is -0.423 e. The smallest absolute Gasteiger partial charge is 0.423 e. The minimum atomic E-state index is -1.29. The molecule has 1 saturated carbocycles. The summed E-state index contributed by atoms with van der Waals surface area (Å²) in [5, 5.41) is 17.0. The summed E-state index contributed by atoms with van der Waals surface area (Å²) in [6.07, 6.45) is 2.16. The molecule has 0 spiro atoms. The third kappa shape index (κ3) is 1.11. The lowest BCUT2D eigenvalue weighted by Crippen LogP contribution is -2.15. The lowest BCUT2D eigenvalue weighted by molar-refractivity contribution is 0.416. The molecule has 0 bridgehead atoms. The Morgan fingerprint density at radius 1 is 1.50 bits per heavy atom. The SMILES string of the molecule is C=C(B(O)O)C1CC1. The molecule has 0 atom stereocenters. The van der Waals surface area contributed by atoms with Crippen molar-refractivity contribution in [3.63, 3.8) is 0 Å². The molecule has 2 N–H and O–H groups in total. The van der Waals surface area contributed by atoms with Crippen LogP contribution in [0.25, 0.3) is 0 Å². The van der Waals surface area contributed by atoms with E-state index in [0.29, 0.717) is 11.4 Å². The molecule has 0 aromatic rings. The third-order valence-corrected chi connectivity index (χ3v) is 1.43. The Hall–Kier alpha value is -0.275. The first kappa shape index (κ1) is 5.85. The number of rotatable bonds is 2. The molecule has 1 rings (SSSR count). The van der Waals surface area contributed by atoms with Gasteiger partial charge in [-0.05, 0) is 24.2 Å². The highest BCUT2D eigenvalue weighted by molar-refractivity contribution is 6.50. The van der Waals surface area contributed by atoms with Crippen LogP contribution < -0.4 is 0 Å². The average Bonchev–Trinajstić information content (AvgIpc) is 2.43. The predicted molar refractivity (Wildman–Crippen MR) is 32.1 cm³/mol. The molecule has 0 radical (unpaired) electrons. The third-order valence-electron chi connectivity index (χ3n) is 1.43. The molecule has 8 heavy (non-hydrogen) atoms. The predicted octanol–water partition coefficient (Wildman–Crippen LogP) is -0.0354. The van der Waals surface area contributed by atoms with E-state index in [2.05, 4.69) is 6.58 Å². The zero-order valence-corrected chi connectivity index (χ0v) is 4.67. The van der Waals surface area contributed by atoms with Gasteiger partial charge < -0.3 is 10.0 Å². The van der Waals surface area contributed by atoms with Gasteiger partial charge in [-0.3, -0.25) is 0 Å². The minimum absolute atomic E-state index is 0.398. The van der Waals surface area contributed by atoms with Crippen molar-refractivity contribution in [3.05, 3.63) is 12.1 Å². The standard InChI is InChI=1S/C5H9BO2/c1-4(6(7)8)5-2-3-5/h5,7-8H,1-3H2. The lowest BCUT2D eigenvalue weighted by Gasteiger charge is -1.97. The van der Waals surface area contributed by atoms with Crippen LogP contribution in [0.15, 0.2) is 12.1 Å². The lowest BCUT2D eigenvalue weighted by atomic mass is 9.77. The summed E-state index contributed by atoms with van der Waals surface area (Å²) in [7, 11) is -1.29. The van der Waals surface area contributed by atoms with E-state index < -0.39 is 7.12 Å². The molecular weight excluding hydrogens is 103 g/mol. The van der Waals surface area contributed by atoms with Crippen molar-refractivity contribution < 1.29 is 10.0 Å². The Bertz CT molecular complexity index is 103. The van der Waals surface area contributed by atoms with Crippen LogP contribution in [-0.4, -0.2) is 17.2 Å². The van der Waals surface area contributed by atoms with E-state index in [1.807, 2.05) is 0 Å². The molecule has 0 heterocycles. The highest BCUT2D eigenvalue weighted by atomic mass is 16.4. The van der Waals surface area contributed by atoms with Crippen molar-refractivity contribution in [2.75, 3.05) is 0 Å². The van der Waals surface area contributed by atoms with E-state index in [1.54, 1.807) is 0 Å². The Morgan fingerprint density at radius 3 is 2.12 bits per heavy atom. The van der Waals surface area contributed by atoms with Crippen LogP contribution in [0.3, 0.4) is 0 Å². The molecule has 3 heteroatoms. The second-order valence-electron chi connectivity index (χ2n) is 2.22. The summed E-state index contributed by atoms with van der Waals surface area (Å²) >= 11 is 0. The number of hydrogen-bond acceptors (Lipinski definition) is 2. The van der Waals surface area contributed by atoms with Gasteiger partial charge in [-0.15, -0.1) is 6.58 Å². The van der Waals surface area contributed by atoms with Gasteiger partial charge in [-0.2, -0.15) is 0 Å². The zero-order valence-electron chi connectivity index (χ0n) is 4.67. The fourth-order valence-corrected chi connectivity index (χ4v) is 0.665. The van der Waals surface area contributed by atoms with E-state index in [9.17, 15) is 0 Å². The first-order valence-electron chi connectivity index (χ1n) is 2.76. The van der Waals surface area contributed by atoms with Crippen molar-refractivity contribution in [3.8, 4) is 0 Å². The molecule has 0 unspecified atom stereocenters. The first-order valence-corrected chi connectivity index (χ1v) is 2.76. The van der Waals surface area contributed by atoms with Crippen molar-refractivity contribution >= 4 is 7.12 Å². The molecule has 44 valence electrons. The van der Waals surface area contributed by atoms with Crippen LogP contribution in [0.1, 0.15) is 12.8 Å². The summed E-state index contributed by atoms with van der Waals surface area (Å²) in [5.41, 5.74) is 0.574. The molecule has 0 aromatic carbocycles. The molecule has 1 fully saturated rings. The van der Waals surface area contributed by atoms with Gasteiger partial charge in [0.05, 0.1) is 0 Å². The van der Waals surface area contributed by atoms with Crippen LogP contribution >= 0.6 is 0 Å². The topological polar surface area (TPSA) is 40.5 Å². The van der Waals surface area contributed by atoms with Crippen molar-refractivity contribution in [1.29, 1.82) is 0 Å². The zero-order chi connectivity index (χ0) is 6.15. The van der Waals surface area contributed by atoms with Crippen molar-refractivity contribution in [2.45, 2.75) is 12.8 Å². The summed E-state index contributed by atoms with van der Waals surface area (Å²) in [6.45, 7) is 3.52. The Labute approximate surface area is 49.0 Å². The van der Waals surface area contributed by atoms with E-state index in [4.69, 9.17) is 10.0 Å². The maximum Gasteiger partial charge on any atom is 0.483 e. The first-order chi connectivity index (χ1) is 3.72. The second kappa shape index (κ2) is 1.92. The average molecular weight is 112 g/mol. The van der Waals surface area contributed by atoms with Gasteiger partial charge >= 0.3 is 7.12 Å². The van der Waals surface area contributed by atoms with Crippen molar-refractivity contribution in [2.24, 2.45) is 5.92 Å². The molecule has 1 aliphatic rings. The fourth-order valence-electron chi connectivity index (χ4n) is 0.665. The van der Waals surface area contributed by atoms with E-state index >= 15 is 0 Å². The van der Waals surface area contributed by atoms with Gasteiger partial charge in [-0.25, -0.2) is 0 Å². The monoisotopic (exact) mass is 112 g/mol. The summed E-state index contributed by atoms with van der Waals surface area (Å²) in [5.74, 6) is 0.398. The van der Waals surface area contributed by atoms with Crippen LogP contribution in [0, 0.1) is 5.92 Å². The molecule has 0 aliphatic heterocycles. The van der Waals surface area contributed by atoms with Gasteiger partial charge in [0.15, 0.2) is 0 Å². The van der Waals surface area contributed by atoms with Gasteiger partial charge in [0.1, 0.15) is 0 Å². The maximum atomic E-state index is 8.49. The Morgan fingerprint density at radius 2 is 2.00 bits per heavy atom. The fraction of sp³-hybridized carbons (Fsp3) is 0.600. The van der Waals surface area contributed by atoms with Gasteiger partial charge in [-0.1, -0.05) is 0 Å².